The molecule has 1 saturated carbocycles. The average Bonchev–Trinajstić information content (AvgIpc) is 3.18. The summed E-state index contributed by atoms with van der Waals surface area (Å²) in [4.78, 5) is 2.18. The highest BCUT2D eigenvalue weighted by molar-refractivity contribution is 7.90. The van der Waals surface area contributed by atoms with Crippen LogP contribution in [0.4, 0.5) is 0 Å². The summed E-state index contributed by atoms with van der Waals surface area (Å²) in [7, 11) is -1.17. The third-order valence-corrected chi connectivity index (χ3v) is 5.74. The van der Waals surface area contributed by atoms with Gasteiger partial charge in [0, 0.05) is 31.7 Å². The van der Waals surface area contributed by atoms with Gasteiger partial charge in [-0.2, -0.15) is 0 Å². The Morgan fingerprint density at radius 3 is 2.47 bits per heavy atom. The lowest BCUT2D eigenvalue weighted by Gasteiger charge is -2.24. The molecule has 1 aliphatic rings. The minimum atomic E-state index is -3.20. The van der Waals surface area contributed by atoms with Crippen molar-refractivity contribution in [1.82, 2.24) is 14.9 Å². The molecule has 0 saturated heterocycles. The van der Waals surface area contributed by atoms with Crippen molar-refractivity contribution in [3.63, 3.8) is 0 Å². The number of nitrogens with zero attached hydrogens (tertiary/aromatic N) is 1. The van der Waals surface area contributed by atoms with Gasteiger partial charge in [-0.3, -0.25) is 0 Å². The van der Waals surface area contributed by atoms with Crippen molar-refractivity contribution in [1.29, 1.82) is 0 Å². The van der Waals surface area contributed by atoms with Crippen LogP contribution in [0.3, 0.4) is 0 Å². The molecule has 2 N–H and O–H groups in total. The van der Waals surface area contributed by atoms with Gasteiger partial charge in [0.1, 0.15) is 0 Å². The summed E-state index contributed by atoms with van der Waals surface area (Å²) in [6.45, 7) is 7.82. The first kappa shape index (κ1) is 16.9. The number of sulfonamides is 1. The van der Waals surface area contributed by atoms with E-state index in [1.165, 1.54) is 12.8 Å². The summed E-state index contributed by atoms with van der Waals surface area (Å²) in [5, 5.41) is 2.89. The molecule has 2 atom stereocenters. The normalized spacial score (nSPS) is 19.6. The lowest BCUT2D eigenvalue weighted by molar-refractivity contribution is 0.256. The smallest absolute Gasteiger partial charge is 0.215 e. The van der Waals surface area contributed by atoms with Gasteiger partial charge in [-0.15, -0.1) is 0 Å². The maximum absolute atomic E-state index is 12.0. The van der Waals surface area contributed by atoms with Crippen molar-refractivity contribution in [2.75, 3.05) is 26.7 Å². The number of nitrogens with one attached hydrogen (secondary N) is 2. The molecule has 0 aliphatic heterocycles. The molecule has 19 heavy (non-hydrogen) atoms. The Hall–Kier alpha value is -0.170. The predicted octanol–water partition coefficient (Wildman–Crippen LogP) is 0.777. The van der Waals surface area contributed by atoms with E-state index < -0.39 is 10.0 Å². The van der Waals surface area contributed by atoms with E-state index in [0.29, 0.717) is 25.2 Å². The van der Waals surface area contributed by atoms with Crippen molar-refractivity contribution in [2.45, 2.75) is 57.4 Å². The molecule has 0 bridgehead atoms. The zero-order chi connectivity index (χ0) is 14.5. The lowest BCUT2D eigenvalue weighted by atomic mass is 10.2. The molecule has 6 heteroatoms. The van der Waals surface area contributed by atoms with Crippen LogP contribution < -0.4 is 10.0 Å². The van der Waals surface area contributed by atoms with Gasteiger partial charge in [0.25, 0.3) is 0 Å². The second-order valence-corrected chi connectivity index (χ2v) is 7.85. The van der Waals surface area contributed by atoms with Crippen LogP contribution in [0.5, 0.6) is 0 Å². The van der Waals surface area contributed by atoms with E-state index in [0.717, 1.165) is 13.0 Å². The largest absolute Gasteiger partial charge is 0.313 e. The van der Waals surface area contributed by atoms with Gasteiger partial charge in [0.05, 0.1) is 5.25 Å². The fourth-order valence-corrected chi connectivity index (χ4v) is 2.74. The van der Waals surface area contributed by atoms with Crippen LogP contribution in [0, 0.1) is 0 Å². The predicted molar refractivity (Wildman–Crippen MR) is 79.8 cm³/mol. The molecule has 0 radical (unpaired) electrons. The standard InChI is InChI=1S/C13H29N3O2S/c1-5-11(2)16(4)9-8-15-19(17,18)12(3)10-14-13-6-7-13/h11-15H,5-10H2,1-4H3. The zero-order valence-corrected chi connectivity index (χ0v) is 13.5. The molecule has 1 fully saturated rings. The van der Waals surface area contributed by atoms with E-state index >= 15 is 0 Å². The summed E-state index contributed by atoms with van der Waals surface area (Å²) in [6.07, 6.45) is 3.44. The van der Waals surface area contributed by atoms with Crippen molar-refractivity contribution in [2.24, 2.45) is 0 Å². The average molecular weight is 291 g/mol. The molecule has 0 amide bonds. The minimum absolute atomic E-state index is 0.373. The SMILES string of the molecule is CCC(C)N(C)CCNS(=O)(=O)C(C)CNC1CC1. The van der Waals surface area contributed by atoms with Gasteiger partial charge >= 0.3 is 0 Å². The maximum Gasteiger partial charge on any atom is 0.215 e. The second-order valence-electron chi connectivity index (χ2n) is 5.67. The summed E-state index contributed by atoms with van der Waals surface area (Å²) in [6, 6.07) is 1.03. The molecule has 2 unspecified atom stereocenters. The quantitative estimate of drug-likeness (QED) is 0.624. The monoisotopic (exact) mass is 291 g/mol. The van der Waals surface area contributed by atoms with E-state index in [-0.39, 0.29) is 5.25 Å². The third-order valence-electron chi connectivity index (χ3n) is 3.91. The van der Waals surface area contributed by atoms with E-state index in [1.807, 2.05) is 7.05 Å². The first-order valence-corrected chi connectivity index (χ1v) is 8.83. The van der Waals surface area contributed by atoms with Gasteiger partial charge < -0.3 is 10.2 Å². The van der Waals surface area contributed by atoms with Gasteiger partial charge in [-0.05, 0) is 40.2 Å². The summed E-state index contributed by atoms with van der Waals surface area (Å²) < 4.78 is 26.7. The molecule has 0 heterocycles. The first-order valence-electron chi connectivity index (χ1n) is 7.29. The molecule has 0 spiro atoms. The highest BCUT2D eigenvalue weighted by Gasteiger charge is 2.25. The Balaban J connectivity index is 2.24. The number of hydrogen-bond acceptors (Lipinski definition) is 4. The van der Waals surface area contributed by atoms with Crippen LogP contribution in [0.2, 0.25) is 0 Å². The molecule has 1 rings (SSSR count). The lowest BCUT2D eigenvalue weighted by Crippen LogP contribution is -2.43. The third kappa shape index (κ3) is 6.21. The second kappa shape index (κ2) is 7.57. The van der Waals surface area contributed by atoms with Crippen LogP contribution in [0.15, 0.2) is 0 Å². The van der Waals surface area contributed by atoms with Crippen molar-refractivity contribution in [3.8, 4) is 0 Å². The Bertz CT molecular complexity index is 355. The van der Waals surface area contributed by atoms with Gasteiger partial charge in [-0.25, -0.2) is 13.1 Å². The highest BCUT2D eigenvalue weighted by Crippen LogP contribution is 2.18. The van der Waals surface area contributed by atoms with Crippen molar-refractivity contribution in [3.05, 3.63) is 0 Å². The molecule has 0 aromatic carbocycles. The first-order chi connectivity index (χ1) is 8.86. The Kier molecular flexibility index (Phi) is 6.73. The number of hydrogen-bond donors (Lipinski definition) is 2. The zero-order valence-electron chi connectivity index (χ0n) is 12.6. The van der Waals surface area contributed by atoms with Crippen molar-refractivity contribution >= 4 is 10.0 Å². The fraction of sp³-hybridized carbons (Fsp3) is 1.00. The van der Waals surface area contributed by atoms with E-state index in [9.17, 15) is 8.42 Å². The van der Waals surface area contributed by atoms with Crippen LogP contribution in [-0.2, 0) is 10.0 Å². The fourth-order valence-electron chi connectivity index (χ4n) is 1.77. The minimum Gasteiger partial charge on any atom is -0.313 e. The van der Waals surface area contributed by atoms with E-state index in [2.05, 4.69) is 28.8 Å². The van der Waals surface area contributed by atoms with Crippen LogP contribution in [0.25, 0.3) is 0 Å². The van der Waals surface area contributed by atoms with Crippen LogP contribution in [0.1, 0.15) is 40.0 Å². The van der Waals surface area contributed by atoms with Crippen LogP contribution >= 0.6 is 0 Å². The summed E-state index contributed by atoms with van der Waals surface area (Å²) in [5.74, 6) is 0. The molecule has 5 nitrogen and oxygen atoms in total. The Morgan fingerprint density at radius 2 is 1.95 bits per heavy atom. The van der Waals surface area contributed by atoms with Gasteiger partial charge in [0.15, 0.2) is 0 Å². The summed E-state index contributed by atoms with van der Waals surface area (Å²) >= 11 is 0. The Morgan fingerprint density at radius 1 is 1.32 bits per heavy atom. The number of likely N-dealkylation sites (N-methyl/N-ethyl adjacent to an activating group) is 1. The molecular formula is C13H29N3O2S. The molecule has 114 valence electrons. The molecule has 0 aromatic rings. The molecule has 0 aromatic heterocycles. The van der Waals surface area contributed by atoms with Gasteiger partial charge in [0.2, 0.25) is 10.0 Å². The van der Waals surface area contributed by atoms with Crippen molar-refractivity contribution < 1.29 is 8.42 Å². The van der Waals surface area contributed by atoms with Crippen LogP contribution in [-0.4, -0.2) is 57.3 Å². The number of rotatable bonds is 10. The Labute approximate surface area is 118 Å². The topological polar surface area (TPSA) is 61.4 Å². The highest BCUT2D eigenvalue weighted by atomic mass is 32.2. The van der Waals surface area contributed by atoms with Gasteiger partial charge in [-0.1, -0.05) is 6.92 Å². The van der Waals surface area contributed by atoms with E-state index in [1.54, 1.807) is 6.92 Å². The molecule has 1 aliphatic carbocycles. The maximum atomic E-state index is 12.0. The van der Waals surface area contributed by atoms with E-state index in [4.69, 9.17) is 0 Å². The summed E-state index contributed by atoms with van der Waals surface area (Å²) in [5.41, 5.74) is 0. The molecular weight excluding hydrogens is 262 g/mol.